The monoisotopic (exact) mass is 325 g/mol. The molecule has 0 heterocycles. The fraction of sp³-hybridized carbons (Fsp3) is 0.300. The SMILES string of the molecule is O=C(CBr)Cc1cccc(C(F)(F)F)c1[N+](=O)[O-]. The molecule has 0 unspecified atom stereocenters. The van der Waals surface area contributed by atoms with E-state index >= 15 is 0 Å². The smallest absolute Gasteiger partial charge is 0.298 e. The molecule has 1 aromatic carbocycles. The number of ketones is 1. The van der Waals surface area contributed by atoms with Crippen molar-refractivity contribution in [3.05, 3.63) is 39.4 Å². The van der Waals surface area contributed by atoms with Gasteiger partial charge in [0.25, 0.3) is 5.69 Å². The minimum absolute atomic E-state index is 0.0690. The maximum atomic E-state index is 12.6. The highest BCUT2D eigenvalue weighted by Gasteiger charge is 2.39. The number of nitro groups is 1. The molecule has 0 aromatic heterocycles. The highest BCUT2D eigenvalue weighted by Crippen LogP contribution is 2.37. The molecule has 1 rings (SSSR count). The van der Waals surface area contributed by atoms with Crippen molar-refractivity contribution >= 4 is 27.4 Å². The number of halogens is 4. The normalized spacial score (nSPS) is 11.3. The van der Waals surface area contributed by atoms with Crippen LogP contribution in [0.5, 0.6) is 0 Å². The van der Waals surface area contributed by atoms with Crippen molar-refractivity contribution in [3.8, 4) is 0 Å². The topological polar surface area (TPSA) is 60.2 Å². The van der Waals surface area contributed by atoms with Crippen LogP contribution in [0, 0.1) is 10.1 Å². The van der Waals surface area contributed by atoms with E-state index in [-0.39, 0.29) is 10.9 Å². The Kier molecular flexibility index (Phi) is 4.44. The van der Waals surface area contributed by atoms with Gasteiger partial charge in [0.1, 0.15) is 11.3 Å². The van der Waals surface area contributed by atoms with E-state index in [1.807, 2.05) is 0 Å². The Hall–Kier alpha value is -1.44. The Balaban J connectivity index is 3.35. The molecule has 0 radical (unpaired) electrons. The van der Waals surface area contributed by atoms with E-state index in [1.54, 1.807) is 0 Å². The third-order valence-corrected chi connectivity index (χ3v) is 2.77. The lowest BCUT2D eigenvalue weighted by Crippen LogP contribution is -2.13. The standard InChI is InChI=1S/C10H7BrF3NO3/c11-5-7(16)4-6-2-1-3-8(10(12,13)14)9(6)15(17)18/h1-3H,4-5H2. The number of hydrogen-bond acceptors (Lipinski definition) is 3. The van der Waals surface area contributed by atoms with E-state index in [0.717, 1.165) is 12.1 Å². The molecule has 18 heavy (non-hydrogen) atoms. The molecule has 0 bridgehead atoms. The van der Waals surface area contributed by atoms with Crippen molar-refractivity contribution in [1.29, 1.82) is 0 Å². The number of rotatable bonds is 4. The first-order chi connectivity index (χ1) is 8.27. The van der Waals surface area contributed by atoms with Crippen LogP contribution in [0.3, 0.4) is 0 Å². The first-order valence-corrected chi connectivity index (χ1v) is 5.80. The number of carbonyl (C=O) groups excluding carboxylic acids is 1. The van der Waals surface area contributed by atoms with Crippen LogP contribution in [-0.2, 0) is 17.4 Å². The summed E-state index contributed by atoms with van der Waals surface area (Å²) in [5, 5.41) is 10.7. The first-order valence-electron chi connectivity index (χ1n) is 4.68. The molecule has 0 atom stereocenters. The van der Waals surface area contributed by atoms with E-state index in [9.17, 15) is 28.1 Å². The number of carbonyl (C=O) groups is 1. The van der Waals surface area contributed by atoms with Crippen molar-refractivity contribution in [1.82, 2.24) is 0 Å². The second kappa shape index (κ2) is 5.47. The van der Waals surface area contributed by atoms with Gasteiger partial charge in [0, 0.05) is 12.0 Å². The molecular formula is C10H7BrF3NO3. The summed E-state index contributed by atoms with van der Waals surface area (Å²) in [6.07, 6.45) is -5.23. The summed E-state index contributed by atoms with van der Waals surface area (Å²) in [4.78, 5) is 20.8. The third-order valence-electron chi connectivity index (χ3n) is 2.14. The first kappa shape index (κ1) is 14.6. The van der Waals surface area contributed by atoms with Crippen LogP contribution < -0.4 is 0 Å². The van der Waals surface area contributed by atoms with Gasteiger partial charge in [-0.15, -0.1) is 0 Å². The molecule has 0 fully saturated rings. The summed E-state index contributed by atoms with van der Waals surface area (Å²) >= 11 is 2.85. The average molecular weight is 326 g/mol. The van der Waals surface area contributed by atoms with Crippen LogP contribution in [-0.4, -0.2) is 16.0 Å². The lowest BCUT2D eigenvalue weighted by atomic mass is 10.0. The van der Waals surface area contributed by atoms with Crippen molar-refractivity contribution < 1.29 is 22.9 Å². The Morgan fingerprint density at radius 1 is 1.39 bits per heavy atom. The minimum atomic E-state index is -4.82. The Bertz CT molecular complexity index is 488. The van der Waals surface area contributed by atoms with Gasteiger partial charge >= 0.3 is 6.18 Å². The summed E-state index contributed by atoms with van der Waals surface area (Å²) < 4.78 is 37.8. The molecule has 1 aromatic rings. The number of para-hydroxylation sites is 1. The van der Waals surface area contributed by atoms with Gasteiger partial charge in [-0.1, -0.05) is 28.1 Å². The van der Waals surface area contributed by atoms with Crippen molar-refractivity contribution in [2.45, 2.75) is 12.6 Å². The maximum Gasteiger partial charge on any atom is 0.423 e. The molecule has 8 heteroatoms. The summed E-state index contributed by atoms with van der Waals surface area (Å²) in [5.74, 6) is -0.433. The zero-order valence-electron chi connectivity index (χ0n) is 8.83. The van der Waals surface area contributed by atoms with E-state index in [1.165, 1.54) is 0 Å². The summed E-state index contributed by atoms with van der Waals surface area (Å²) in [6, 6.07) is 2.82. The Morgan fingerprint density at radius 2 is 2.00 bits per heavy atom. The summed E-state index contributed by atoms with van der Waals surface area (Å²) in [5.41, 5.74) is -2.63. The molecule has 0 saturated heterocycles. The highest BCUT2D eigenvalue weighted by molar-refractivity contribution is 9.09. The lowest BCUT2D eigenvalue weighted by molar-refractivity contribution is -0.388. The van der Waals surface area contributed by atoms with Gasteiger partial charge < -0.3 is 0 Å². The average Bonchev–Trinajstić information content (AvgIpc) is 2.27. The number of benzene rings is 1. The second-order valence-corrected chi connectivity index (χ2v) is 3.98. The number of Topliss-reactive ketones (excluding diaryl/α,β-unsaturated/α-hetero) is 1. The second-order valence-electron chi connectivity index (χ2n) is 3.42. The van der Waals surface area contributed by atoms with Gasteiger partial charge in [-0.25, -0.2) is 0 Å². The number of nitro benzene ring substituents is 1. The van der Waals surface area contributed by atoms with Gasteiger partial charge in [0.15, 0.2) is 0 Å². The van der Waals surface area contributed by atoms with E-state index in [0.29, 0.717) is 6.07 Å². The van der Waals surface area contributed by atoms with Crippen LogP contribution in [0.25, 0.3) is 0 Å². The predicted octanol–water partition coefficient (Wildman–Crippen LogP) is 3.12. The van der Waals surface area contributed by atoms with Crippen molar-refractivity contribution in [2.24, 2.45) is 0 Å². The van der Waals surface area contributed by atoms with Crippen molar-refractivity contribution in [2.75, 3.05) is 5.33 Å². The largest absolute Gasteiger partial charge is 0.423 e. The van der Waals surface area contributed by atoms with E-state index < -0.39 is 34.6 Å². The van der Waals surface area contributed by atoms with Crippen LogP contribution in [0.2, 0.25) is 0 Å². The molecule has 0 aliphatic rings. The van der Waals surface area contributed by atoms with Crippen LogP contribution >= 0.6 is 15.9 Å². The highest BCUT2D eigenvalue weighted by atomic mass is 79.9. The molecular weight excluding hydrogens is 319 g/mol. The Morgan fingerprint density at radius 3 is 2.44 bits per heavy atom. The number of hydrogen-bond donors (Lipinski definition) is 0. The fourth-order valence-corrected chi connectivity index (χ4v) is 1.64. The van der Waals surface area contributed by atoms with E-state index in [2.05, 4.69) is 15.9 Å². The molecule has 4 nitrogen and oxygen atoms in total. The van der Waals surface area contributed by atoms with Crippen LogP contribution in [0.1, 0.15) is 11.1 Å². The molecule has 0 aliphatic carbocycles. The van der Waals surface area contributed by atoms with Crippen LogP contribution in [0.15, 0.2) is 18.2 Å². The summed E-state index contributed by atoms with van der Waals surface area (Å²) in [7, 11) is 0. The zero-order chi connectivity index (χ0) is 13.9. The van der Waals surface area contributed by atoms with Gasteiger partial charge in [0.05, 0.1) is 10.3 Å². The zero-order valence-corrected chi connectivity index (χ0v) is 10.4. The predicted molar refractivity (Wildman–Crippen MR) is 60.6 cm³/mol. The van der Waals surface area contributed by atoms with Gasteiger partial charge in [-0.05, 0) is 6.07 Å². The lowest BCUT2D eigenvalue weighted by Gasteiger charge is -2.09. The quantitative estimate of drug-likeness (QED) is 0.485. The van der Waals surface area contributed by atoms with Crippen molar-refractivity contribution in [3.63, 3.8) is 0 Å². The van der Waals surface area contributed by atoms with Gasteiger partial charge in [0.2, 0.25) is 0 Å². The molecule has 0 spiro atoms. The van der Waals surface area contributed by atoms with E-state index in [4.69, 9.17) is 0 Å². The number of nitrogens with zero attached hydrogens (tertiary/aromatic N) is 1. The fourth-order valence-electron chi connectivity index (χ4n) is 1.44. The molecule has 0 amide bonds. The van der Waals surface area contributed by atoms with Gasteiger partial charge in [-0.3, -0.25) is 14.9 Å². The Labute approximate surface area is 108 Å². The van der Waals surface area contributed by atoms with Crippen LogP contribution in [0.4, 0.5) is 18.9 Å². The molecule has 98 valence electrons. The molecule has 0 N–H and O–H groups in total. The number of alkyl halides is 4. The summed E-state index contributed by atoms with van der Waals surface area (Å²) in [6.45, 7) is 0. The minimum Gasteiger partial charge on any atom is -0.298 e. The van der Waals surface area contributed by atoms with Gasteiger partial charge in [-0.2, -0.15) is 13.2 Å². The maximum absolute atomic E-state index is 12.6. The molecule has 0 aliphatic heterocycles. The third kappa shape index (κ3) is 3.28. The molecule has 0 saturated carbocycles.